The van der Waals surface area contributed by atoms with Gasteiger partial charge in [0.15, 0.2) is 0 Å². The van der Waals surface area contributed by atoms with Crippen LogP contribution in [0.15, 0.2) is 63.7 Å². The summed E-state index contributed by atoms with van der Waals surface area (Å²) in [6.45, 7) is -3.91. The molecule has 1 aliphatic heterocycles. The predicted octanol–water partition coefficient (Wildman–Crippen LogP) is 3.94. The van der Waals surface area contributed by atoms with Crippen molar-refractivity contribution in [3.8, 4) is 0 Å². The van der Waals surface area contributed by atoms with Crippen LogP contribution >= 0.6 is 18.2 Å². The van der Waals surface area contributed by atoms with Crippen molar-refractivity contribution in [1.29, 1.82) is 0 Å². The molecule has 2 unspecified atom stereocenters. The van der Waals surface area contributed by atoms with E-state index in [2.05, 4.69) is 10.2 Å². The molecular formula is C23H32BN4O7PS2. The molecule has 1 heterocycles. The van der Waals surface area contributed by atoms with Crippen molar-refractivity contribution in [2.45, 2.75) is 29.5 Å². The van der Waals surface area contributed by atoms with Gasteiger partial charge < -0.3 is 19.3 Å². The van der Waals surface area contributed by atoms with Crippen LogP contribution in [0.25, 0.3) is 0 Å². The Hall–Kier alpha value is -1.77. The van der Waals surface area contributed by atoms with E-state index in [0.29, 0.717) is 22.8 Å². The zero-order valence-corrected chi connectivity index (χ0v) is 24.2. The molecule has 0 aromatic heterocycles. The largest absolute Gasteiger partial charge is 0.386 e. The molecule has 1 aliphatic rings. The first kappa shape index (κ1) is 30.8. The molecule has 0 saturated carbocycles. The van der Waals surface area contributed by atoms with E-state index in [1.165, 1.54) is 26.3 Å². The number of hydrogen-bond donors (Lipinski definition) is 1. The van der Waals surface area contributed by atoms with E-state index >= 15 is 0 Å². The summed E-state index contributed by atoms with van der Waals surface area (Å²) in [6.07, 6.45) is -0.987. The van der Waals surface area contributed by atoms with Gasteiger partial charge in [-0.2, -0.15) is 10.2 Å². The first-order valence-electron chi connectivity index (χ1n) is 11.7. The van der Waals surface area contributed by atoms with Gasteiger partial charge in [0.2, 0.25) is 10.0 Å². The van der Waals surface area contributed by atoms with Crippen LogP contribution < -0.4 is 4.90 Å². The summed E-state index contributed by atoms with van der Waals surface area (Å²) in [5, 5.41) is 8.34. The third-order valence-electron chi connectivity index (χ3n) is 5.68. The van der Waals surface area contributed by atoms with Gasteiger partial charge in [-0.05, 0) is 66.3 Å². The quantitative estimate of drug-likeness (QED) is 0.212. The SMILES string of the molecule is [B][C@H]1CC(OP(=O)(O)SCCN(C)S(=O)(=O)c2ccc(N=Nc3ccc(N(C)C)cc3)cc2)[C@@H](COC)O1. The van der Waals surface area contributed by atoms with Gasteiger partial charge >= 0.3 is 6.80 Å². The molecule has 4 atom stereocenters. The molecule has 11 nitrogen and oxygen atoms in total. The predicted molar refractivity (Wildman–Crippen MR) is 149 cm³/mol. The fourth-order valence-corrected chi connectivity index (χ4v) is 7.52. The molecule has 2 radical (unpaired) electrons. The van der Waals surface area contributed by atoms with Crippen molar-refractivity contribution < 1.29 is 31.9 Å². The highest BCUT2D eigenvalue weighted by Gasteiger charge is 2.38. The molecule has 1 saturated heterocycles. The number of sulfonamides is 1. The average molecular weight is 582 g/mol. The van der Waals surface area contributed by atoms with Crippen LogP contribution in [0.1, 0.15) is 6.42 Å². The first-order valence-corrected chi connectivity index (χ1v) is 16.3. The lowest BCUT2D eigenvalue weighted by atomic mass is 9.96. The van der Waals surface area contributed by atoms with Gasteiger partial charge in [0.1, 0.15) is 14.0 Å². The second-order valence-electron chi connectivity index (χ2n) is 8.78. The highest BCUT2D eigenvalue weighted by Crippen LogP contribution is 2.57. The van der Waals surface area contributed by atoms with Crippen LogP contribution in [0, 0.1) is 0 Å². The Balaban J connectivity index is 1.53. The summed E-state index contributed by atoms with van der Waals surface area (Å²) in [5.74, 6) is 0.0387. The van der Waals surface area contributed by atoms with E-state index in [9.17, 15) is 17.9 Å². The van der Waals surface area contributed by atoms with Crippen LogP contribution in [-0.4, -0.2) is 90.8 Å². The molecule has 38 heavy (non-hydrogen) atoms. The van der Waals surface area contributed by atoms with Gasteiger partial charge in [-0.15, -0.1) is 0 Å². The van der Waals surface area contributed by atoms with E-state index in [1.54, 1.807) is 12.1 Å². The summed E-state index contributed by atoms with van der Waals surface area (Å²) in [5.41, 5.74) is 2.21. The maximum atomic E-state index is 12.9. The molecule has 2 aromatic carbocycles. The van der Waals surface area contributed by atoms with E-state index in [4.69, 9.17) is 21.8 Å². The van der Waals surface area contributed by atoms with Gasteiger partial charge in [0.05, 0.1) is 29.0 Å². The fraction of sp³-hybridized carbons (Fsp3) is 0.478. The topological polar surface area (TPSA) is 130 Å². The Morgan fingerprint density at radius 1 is 1.11 bits per heavy atom. The van der Waals surface area contributed by atoms with Crippen LogP contribution in [-0.2, 0) is 28.6 Å². The summed E-state index contributed by atoms with van der Waals surface area (Å²) in [7, 11) is 8.72. The van der Waals surface area contributed by atoms with Crippen molar-refractivity contribution in [3.05, 3.63) is 48.5 Å². The Bertz CT molecular complexity index is 1230. The number of ether oxygens (including phenoxy) is 2. The second kappa shape index (κ2) is 13.5. The van der Waals surface area contributed by atoms with Crippen LogP contribution in [0.2, 0.25) is 0 Å². The zero-order valence-electron chi connectivity index (χ0n) is 21.7. The van der Waals surface area contributed by atoms with E-state index in [1.807, 2.05) is 43.3 Å². The van der Waals surface area contributed by atoms with E-state index < -0.39 is 35.0 Å². The summed E-state index contributed by atoms with van der Waals surface area (Å²) in [4.78, 5) is 12.3. The molecule has 206 valence electrons. The monoisotopic (exact) mass is 582 g/mol. The maximum absolute atomic E-state index is 12.9. The number of rotatable bonds is 13. The Kier molecular flexibility index (Phi) is 11.0. The zero-order chi connectivity index (χ0) is 27.9. The van der Waals surface area contributed by atoms with Crippen LogP contribution in [0.4, 0.5) is 17.1 Å². The van der Waals surface area contributed by atoms with Gasteiger partial charge in [-0.25, -0.2) is 17.3 Å². The van der Waals surface area contributed by atoms with Crippen molar-refractivity contribution in [3.63, 3.8) is 0 Å². The number of hydrogen-bond acceptors (Lipinski definition) is 10. The normalized spacial score (nSPS) is 21.7. The van der Waals surface area contributed by atoms with Crippen molar-refractivity contribution in [1.82, 2.24) is 4.31 Å². The molecule has 15 heteroatoms. The summed E-state index contributed by atoms with van der Waals surface area (Å²) in [6, 6.07) is 13.0. The Morgan fingerprint density at radius 3 is 2.24 bits per heavy atom. The fourth-order valence-electron chi connectivity index (χ4n) is 3.57. The summed E-state index contributed by atoms with van der Waals surface area (Å²) < 4.78 is 55.4. The van der Waals surface area contributed by atoms with E-state index in [0.717, 1.165) is 9.99 Å². The number of nitrogens with zero attached hydrogens (tertiary/aromatic N) is 4. The summed E-state index contributed by atoms with van der Waals surface area (Å²) >= 11 is 0.651. The number of azo groups is 1. The van der Waals surface area contributed by atoms with Crippen LogP contribution in [0.3, 0.4) is 0 Å². The van der Waals surface area contributed by atoms with Crippen molar-refractivity contribution in [2.75, 3.05) is 52.1 Å². The highest BCUT2D eigenvalue weighted by atomic mass is 32.7. The van der Waals surface area contributed by atoms with Crippen molar-refractivity contribution >= 4 is 53.1 Å². The smallest absolute Gasteiger partial charge is 0.382 e. The molecule has 0 aliphatic carbocycles. The third kappa shape index (κ3) is 8.62. The number of anilines is 1. The van der Waals surface area contributed by atoms with Crippen LogP contribution in [0.5, 0.6) is 0 Å². The minimum absolute atomic E-state index is 0.00645. The second-order valence-corrected chi connectivity index (χ2v) is 14.8. The third-order valence-corrected chi connectivity index (χ3v) is 10.6. The van der Waals surface area contributed by atoms with Gasteiger partial charge in [-0.3, -0.25) is 4.52 Å². The Morgan fingerprint density at radius 2 is 1.68 bits per heavy atom. The lowest BCUT2D eigenvalue weighted by Crippen LogP contribution is -2.29. The molecule has 0 spiro atoms. The molecule has 0 bridgehead atoms. The van der Waals surface area contributed by atoms with Gasteiger partial charge in [0.25, 0.3) is 0 Å². The molecule has 3 rings (SSSR count). The first-order chi connectivity index (χ1) is 17.9. The lowest BCUT2D eigenvalue weighted by Gasteiger charge is -2.22. The molecule has 1 N–H and O–H groups in total. The minimum atomic E-state index is -4.08. The van der Waals surface area contributed by atoms with Gasteiger partial charge in [-0.1, -0.05) is 0 Å². The maximum Gasteiger partial charge on any atom is 0.386 e. The van der Waals surface area contributed by atoms with Crippen molar-refractivity contribution in [2.24, 2.45) is 10.2 Å². The molecule has 0 amide bonds. The molecular weight excluding hydrogens is 550 g/mol. The molecule has 1 fully saturated rings. The average Bonchev–Trinajstić information content (AvgIpc) is 3.20. The highest BCUT2D eigenvalue weighted by molar-refractivity contribution is 8.54. The van der Waals surface area contributed by atoms with Gasteiger partial charge in [0, 0.05) is 52.2 Å². The lowest BCUT2D eigenvalue weighted by molar-refractivity contribution is -0.0114. The number of benzene rings is 2. The Labute approximate surface area is 229 Å². The minimum Gasteiger partial charge on any atom is -0.382 e. The standard InChI is InChI=1S/C23H32BN4O7PS2/c1-27(2)19-9-5-17(6-10-19)25-26-18-7-11-20(12-8-18)38(31,32)28(3)13-14-37-36(29,30)35-21-15-23(24)34-22(21)16-33-4/h5-12,21-23H,13-16H2,1-4H3,(H,29,30)/t21?,22-,23-/m1/s1. The van der Waals surface area contributed by atoms with E-state index in [-0.39, 0.29) is 30.2 Å². The molecule has 2 aromatic rings. The number of methoxy groups -OCH3 is 1.